The zero-order valence-electron chi connectivity index (χ0n) is 12.0. The molecule has 3 atom stereocenters. The molecule has 0 aromatic heterocycles. The van der Waals surface area contributed by atoms with Crippen LogP contribution < -0.4 is 5.32 Å². The fraction of sp³-hybridized carbons (Fsp3) is 0.263. The van der Waals surface area contributed by atoms with E-state index in [0.29, 0.717) is 17.9 Å². The third-order valence-corrected chi connectivity index (χ3v) is 5.28. The monoisotopic (exact) mass is 339 g/mol. The number of halogens is 1. The first-order valence-corrected chi connectivity index (χ1v) is 8.31. The highest BCUT2D eigenvalue weighted by Crippen LogP contribution is 2.49. The van der Waals surface area contributed by atoms with Gasteiger partial charge in [-0.05, 0) is 48.6 Å². The van der Waals surface area contributed by atoms with Crippen molar-refractivity contribution in [3.63, 3.8) is 0 Å². The number of hydrogen-bond acceptors (Lipinski definition) is 1. The van der Waals surface area contributed by atoms with Gasteiger partial charge in [0.15, 0.2) is 0 Å². The number of fused-ring (bicyclic) bond motifs is 3. The van der Waals surface area contributed by atoms with Crippen LogP contribution >= 0.6 is 15.9 Å². The second-order valence-electron chi connectivity index (χ2n) is 6.12. The number of nitrogens with one attached hydrogen (secondary N) is 1. The number of hydrogen-bond donors (Lipinski definition) is 1. The Morgan fingerprint density at radius 1 is 1.10 bits per heavy atom. The standard InChI is InChI=1S/C19H18BrN/c1-12-5-10-18-17(11-12)15-3-2-4-16(15)19(21-18)13-6-8-14(20)9-7-13/h2-3,5-11,15-16,19,21H,4H2,1H3/t15-,16+,19+/m1/s1. The molecule has 1 aliphatic heterocycles. The minimum atomic E-state index is 0.397. The van der Waals surface area contributed by atoms with Crippen LogP contribution in [0.15, 0.2) is 59.1 Å². The number of benzene rings is 2. The number of anilines is 1. The van der Waals surface area contributed by atoms with E-state index in [9.17, 15) is 0 Å². The Balaban J connectivity index is 1.78. The predicted octanol–water partition coefficient (Wildman–Crippen LogP) is 5.58. The first kappa shape index (κ1) is 13.1. The van der Waals surface area contributed by atoms with Crippen molar-refractivity contribution in [2.24, 2.45) is 5.92 Å². The van der Waals surface area contributed by atoms with Crippen molar-refractivity contribution in [2.45, 2.75) is 25.3 Å². The highest BCUT2D eigenvalue weighted by molar-refractivity contribution is 9.10. The molecule has 1 aliphatic carbocycles. The van der Waals surface area contributed by atoms with E-state index in [1.54, 1.807) is 0 Å². The highest BCUT2D eigenvalue weighted by Gasteiger charge is 2.37. The van der Waals surface area contributed by atoms with Gasteiger partial charge in [-0.3, -0.25) is 0 Å². The second-order valence-corrected chi connectivity index (χ2v) is 7.03. The maximum Gasteiger partial charge on any atom is 0.0553 e. The Bertz CT molecular complexity index is 702. The molecule has 0 radical (unpaired) electrons. The predicted molar refractivity (Wildman–Crippen MR) is 91.7 cm³/mol. The topological polar surface area (TPSA) is 12.0 Å². The van der Waals surface area contributed by atoms with Gasteiger partial charge in [0.2, 0.25) is 0 Å². The van der Waals surface area contributed by atoms with Crippen LogP contribution in [-0.4, -0.2) is 0 Å². The molecule has 1 N–H and O–H groups in total. The summed E-state index contributed by atoms with van der Waals surface area (Å²) in [5.41, 5.74) is 5.48. The molecule has 0 spiro atoms. The Morgan fingerprint density at radius 3 is 2.71 bits per heavy atom. The van der Waals surface area contributed by atoms with Crippen LogP contribution in [0.1, 0.15) is 35.1 Å². The Labute approximate surface area is 134 Å². The third-order valence-electron chi connectivity index (χ3n) is 4.75. The molecule has 0 saturated carbocycles. The smallest absolute Gasteiger partial charge is 0.0553 e. The molecule has 21 heavy (non-hydrogen) atoms. The van der Waals surface area contributed by atoms with Gasteiger partial charge in [0.1, 0.15) is 0 Å². The highest BCUT2D eigenvalue weighted by atomic mass is 79.9. The largest absolute Gasteiger partial charge is 0.378 e. The molecule has 0 bridgehead atoms. The van der Waals surface area contributed by atoms with Crippen molar-refractivity contribution in [3.05, 3.63) is 75.8 Å². The van der Waals surface area contributed by atoms with Crippen molar-refractivity contribution < 1.29 is 0 Å². The molecular weight excluding hydrogens is 322 g/mol. The lowest BCUT2D eigenvalue weighted by Gasteiger charge is -2.37. The summed E-state index contributed by atoms with van der Waals surface area (Å²) in [4.78, 5) is 0. The van der Waals surface area contributed by atoms with Gasteiger partial charge in [0.25, 0.3) is 0 Å². The van der Waals surface area contributed by atoms with E-state index in [1.165, 1.54) is 22.4 Å². The summed E-state index contributed by atoms with van der Waals surface area (Å²) in [6.45, 7) is 2.18. The van der Waals surface area contributed by atoms with E-state index < -0.39 is 0 Å². The van der Waals surface area contributed by atoms with Gasteiger partial charge in [0.05, 0.1) is 6.04 Å². The molecule has 4 rings (SSSR count). The van der Waals surface area contributed by atoms with E-state index in [-0.39, 0.29) is 0 Å². The summed E-state index contributed by atoms with van der Waals surface area (Å²) < 4.78 is 1.14. The first-order valence-electron chi connectivity index (χ1n) is 7.51. The third kappa shape index (κ3) is 2.22. The second kappa shape index (κ2) is 5.03. The minimum absolute atomic E-state index is 0.397. The fourth-order valence-corrected chi connectivity index (χ4v) is 3.98. The van der Waals surface area contributed by atoms with Crippen molar-refractivity contribution in [2.75, 3.05) is 5.32 Å². The lowest BCUT2D eigenvalue weighted by Crippen LogP contribution is -2.29. The summed E-state index contributed by atoms with van der Waals surface area (Å²) in [6, 6.07) is 15.9. The number of aryl methyl sites for hydroxylation is 1. The van der Waals surface area contributed by atoms with E-state index in [1.807, 2.05) is 0 Å². The van der Waals surface area contributed by atoms with Gasteiger partial charge in [-0.25, -0.2) is 0 Å². The van der Waals surface area contributed by atoms with Crippen LogP contribution in [-0.2, 0) is 0 Å². The average Bonchev–Trinajstić information content (AvgIpc) is 2.97. The maximum atomic E-state index is 3.78. The van der Waals surface area contributed by atoms with E-state index >= 15 is 0 Å². The molecule has 0 unspecified atom stereocenters. The van der Waals surface area contributed by atoms with Crippen LogP contribution in [0.2, 0.25) is 0 Å². The van der Waals surface area contributed by atoms with Gasteiger partial charge in [-0.15, -0.1) is 0 Å². The maximum absolute atomic E-state index is 3.78. The molecule has 1 nitrogen and oxygen atoms in total. The fourth-order valence-electron chi connectivity index (χ4n) is 3.71. The van der Waals surface area contributed by atoms with E-state index in [4.69, 9.17) is 0 Å². The van der Waals surface area contributed by atoms with Crippen molar-refractivity contribution in [3.8, 4) is 0 Å². The van der Waals surface area contributed by atoms with Crippen LogP contribution in [0.3, 0.4) is 0 Å². The lowest BCUT2D eigenvalue weighted by molar-refractivity contribution is 0.425. The van der Waals surface area contributed by atoms with Gasteiger partial charge in [0, 0.05) is 16.1 Å². The van der Waals surface area contributed by atoms with Gasteiger partial charge in [-0.1, -0.05) is 57.9 Å². The Morgan fingerprint density at radius 2 is 1.90 bits per heavy atom. The molecule has 2 aromatic carbocycles. The zero-order chi connectivity index (χ0) is 14.4. The molecule has 2 heteroatoms. The molecule has 106 valence electrons. The van der Waals surface area contributed by atoms with Crippen LogP contribution in [0.5, 0.6) is 0 Å². The summed E-state index contributed by atoms with van der Waals surface area (Å²) >= 11 is 3.53. The van der Waals surface area contributed by atoms with Crippen molar-refractivity contribution in [1.82, 2.24) is 0 Å². The molecular formula is C19H18BrN. The molecule has 1 heterocycles. The average molecular weight is 340 g/mol. The quantitative estimate of drug-likeness (QED) is 0.668. The summed E-state index contributed by atoms with van der Waals surface area (Å²) in [5, 5.41) is 3.78. The summed E-state index contributed by atoms with van der Waals surface area (Å²) in [6.07, 6.45) is 5.90. The molecule has 2 aromatic rings. The molecule has 0 amide bonds. The number of rotatable bonds is 1. The van der Waals surface area contributed by atoms with Crippen molar-refractivity contribution >= 4 is 21.6 Å². The SMILES string of the molecule is Cc1ccc2c(c1)[C@@H]1C=CC[C@@H]1[C@H](c1ccc(Br)cc1)N2. The van der Waals surface area contributed by atoms with Crippen LogP contribution in [0.4, 0.5) is 5.69 Å². The van der Waals surface area contributed by atoms with Crippen molar-refractivity contribution in [1.29, 1.82) is 0 Å². The van der Waals surface area contributed by atoms with Crippen LogP contribution in [0, 0.1) is 12.8 Å². The van der Waals surface area contributed by atoms with E-state index in [2.05, 4.69) is 82.8 Å². The molecule has 2 aliphatic rings. The summed E-state index contributed by atoms with van der Waals surface area (Å²) in [5.74, 6) is 1.18. The van der Waals surface area contributed by atoms with Gasteiger partial charge in [-0.2, -0.15) is 0 Å². The minimum Gasteiger partial charge on any atom is -0.378 e. The van der Waals surface area contributed by atoms with E-state index in [0.717, 1.165) is 10.9 Å². The normalized spacial score (nSPS) is 26.1. The zero-order valence-corrected chi connectivity index (χ0v) is 13.6. The Hall–Kier alpha value is -1.54. The van der Waals surface area contributed by atoms with Gasteiger partial charge < -0.3 is 5.32 Å². The van der Waals surface area contributed by atoms with Gasteiger partial charge >= 0.3 is 0 Å². The first-order chi connectivity index (χ1) is 10.2. The molecule has 0 saturated heterocycles. The van der Waals surface area contributed by atoms with Crippen LogP contribution in [0.25, 0.3) is 0 Å². The molecule has 0 fully saturated rings. The number of allylic oxidation sites excluding steroid dienone is 2. The summed E-state index contributed by atoms with van der Waals surface area (Å²) in [7, 11) is 0. The Kier molecular flexibility index (Phi) is 3.15. The lowest BCUT2D eigenvalue weighted by atomic mass is 9.77.